The van der Waals surface area contributed by atoms with Gasteiger partial charge in [-0.15, -0.1) is 0 Å². The van der Waals surface area contributed by atoms with Gasteiger partial charge >= 0.3 is 23.9 Å². The van der Waals surface area contributed by atoms with Crippen molar-refractivity contribution in [3.05, 3.63) is 0 Å². The molecule has 0 N–H and O–H groups in total. The van der Waals surface area contributed by atoms with Crippen molar-refractivity contribution < 1.29 is 61.8 Å². The van der Waals surface area contributed by atoms with Gasteiger partial charge in [-0.3, -0.25) is 19.2 Å². The van der Waals surface area contributed by atoms with E-state index in [9.17, 15) is 19.2 Å². The lowest BCUT2D eigenvalue weighted by atomic mass is 9.91. The summed E-state index contributed by atoms with van der Waals surface area (Å²) in [4.78, 5) is 51.5. The molecule has 0 bridgehead atoms. The van der Waals surface area contributed by atoms with E-state index < -0.39 is 49.1 Å². The van der Waals surface area contributed by atoms with Crippen LogP contribution in [-0.2, 0) is 61.8 Å². The van der Waals surface area contributed by atoms with Crippen molar-refractivity contribution in [2.45, 2.75) is 207 Å². The molecule has 0 saturated heterocycles. The van der Waals surface area contributed by atoms with Crippen molar-refractivity contribution in [2.24, 2.45) is 5.41 Å². The van der Waals surface area contributed by atoms with Crippen LogP contribution in [0.25, 0.3) is 0 Å². The third-order valence-electron chi connectivity index (χ3n) is 11.1. The molecule has 0 aliphatic rings. The van der Waals surface area contributed by atoms with Gasteiger partial charge in [-0.2, -0.15) is 0 Å². The number of carbonyl (C=O) groups excluding carboxylic acids is 4. The fraction of sp³-hybridized carbons (Fsp3) is 0.922. The second kappa shape index (κ2) is 48.6. The van der Waals surface area contributed by atoms with Crippen molar-refractivity contribution in [1.29, 1.82) is 0 Å². The first-order chi connectivity index (χ1) is 31.3. The topological polar surface area (TPSA) is 151 Å². The molecule has 378 valence electrons. The van der Waals surface area contributed by atoms with E-state index in [2.05, 4.69) is 13.8 Å². The molecule has 0 amide bonds. The molecule has 64 heavy (non-hydrogen) atoms. The van der Waals surface area contributed by atoms with Gasteiger partial charge in [0.05, 0.1) is 59.5 Å². The van der Waals surface area contributed by atoms with Crippen LogP contribution >= 0.6 is 0 Å². The molecule has 0 aliphatic carbocycles. The second-order valence-electron chi connectivity index (χ2n) is 17.1. The molecular weight excluding hydrogens is 821 g/mol. The maximum absolute atomic E-state index is 13.7. The quantitative estimate of drug-likeness (QED) is 0.0324. The van der Waals surface area contributed by atoms with E-state index in [4.69, 9.17) is 42.6 Å². The minimum atomic E-state index is -1.74. The Bertz CT molecular complexity index is 1010. The van der Waals surface area contributed by atoms with Gasteiger partial charge in [0.2, 0.25) is 0 Å². The molecule has 0 spiro atoms. The van der Waals surface area contributed by atoms with E-state index in [1.54, 1.807) is 0 Å². The zero-order chi connectivity index (χ0) is 46.9. The zero-order valence-electron chi connectivity index (χ0n) is 41.5. The van der Waals surface area contributed by atoms with Gasteiger partial charge < -0.3 is 42.6 Å². The largest absolute Gasteiger partial charge is 0.464 e. The van der Waals surface area contributed by atoms with E-state index >= 15 is 0 Å². The van der Waals surface area contributed by atoms with Gasteiger partial charge in [-0.05, 0) is 19.8 Å². The standard InChI is InChI=1S/C51H96O13/c1-5-8-10-12-14-16-18-20-22-24-26-28-30-32-48(53)63-45-51(44-62-47(4)52,46-64-49(54)33-31-29-27-25-23-21-19-17-15-13-11-9-6-2)50(55)61-43-42-60-41-40-59-39-38-58-37-36-57-35-34-56-7-3/h5-46H2,1-4H3. The van der Waals surface area contributed by atoms with Gasteiger partial charge in [-0.1, -0.05) is 168 Å². The van der Waals surface area contributed by atoms with Crippen molar-refractivity contribution in [2.75, 3.05) is 92.5 Å². The molecule has 0 rings (SSSR count). The first-order valence-electron chi connectivity index (χ1n) is 25.8. The Kier molecular flexibility index (Phi) is 46.8. The summed E-state index contributed by atoms with van der Waals surface area (Å²) in [5.74, 6) is -2.38. The van der Waals surface area contributed by atoms with Crippen LogP contribution in [0.3, 0.4) is 0 Å². The lowest BCUT2D eigenvalue weighted by molar-refractivity contribution is -0.180. The average Bonchev–Trinajstić information content (AvgIpc) is 3.29. The lowest BCUT2D eigenvalue weighted by Crippen LogP contribution is -2.47. The summed E-state index contributed by atoms with van der Waals surface area (Å²) in [7, 11) is 0. The normalized spacial score (nSPS) is 11.5. The Morgan fingerprint density at radius 1 is 0.328 bits per heavy atom. The Labute approximate surface area is 390 Å². The van der Waals surface area contributed by atoms with Crippen LogP contribution in [0.5, 0.6) is 0 Å². The Morgan fingerprint density at radius 3 is 0.922 bits per heavy atom. The number of unbranched alkanes of at least 4 members (excludes halogenated alkanes) is 24. The van der Waals surface area contributed by atoms with E-state index in [-0.39, 0.29) is 32.7 Å². The van der Waals surface area contributed by atoms with Gasteiger partial charge in [0, 0.05) is 26.4 Å². The summed E-state index contributed by atoms with van der Waals surface area (Å²) in [5.41, 5.74) is -1.74. The Morgan fingerprint density at radius 2 is 0.609 bits per heavy atom. The van der Waals surface area contributed by atoms with E-state index in [0.29, 0.717) is 65.7 Å². The predicted molar refractivity (Wildman–Crippen MR) is 252 cm³/mol. The molecular formula is C51H96O13. The number of esters is 4. The van der Waals surface area contributed by atoms with E-state index in [0.717, 1.165) is 38.5 Å². The fourth-order valence-electron chi connectivity index (χ4n) is 7.07. The number of carbonyl (C=O) groups is 4. The zero-order valence-corrected chi connectivity index (χ0v) is 41.5. The first kappa shape index (κ1) is 61.7. The first-order valence-corrected chi connectivity index (χ1v) is 25.8. The predicted octanol–water partition coefficient (Wildman–Crippen LogP) is 11.2. The molecule has 13 nitrogen and oxygen atoms in total. The second-order valence-corrected chi connectivity index (χ2v) is 17.1. The summed E-state index contributed by atoms with van der Waals surface area (Å²) in [6, 6.07) is 0. The van der Waals surface area contributed by atoms with Gasteiger partial charge in [0.1, 0.15) is 26.4 Å². The molecule has 0 heterocycles. The average molecular weight is 917 g/mol. The molecule has 13 heteroatoms. The number of ether oxygens (including phenoxy) is 9. The van der Waals surface area contributed by atoms with Crippen LogP contribution in [0.2, 0.25) is 0 Å². The molecule has 0 atom stereocenters. The van der Waals surface area contributed by atoms with Crippen LogP contribution in [0.15, 0.2) is 0 Å². The summed E-state index contributed by atoms with van der Waals surface area (Å²) < 4.78 is 49.3. The molecule has 0 saturated carbocycles. The number of hydrogen-bond donors (Lipinski definition) is 0. The molecule has 0 aromatic carbocycles. The number of rotatable bonds is 51. The highest BCUT2D eigenvalue weighted by Gasteiger charge is 2.45. The summed E-state index contributed by atoms with van der Waals surface area (Å²) in [5, 5.41) is 0. The summed E-state index contributed by atoms with van der Waals surface area (Å²) in [6.45, 7) is 10.3. The summed E-state index contributed by atoms with van der Waals surface area (Å²) >= 11 is 0. The summed E-state index contributed by atoms with van der Waals surface area (Å²) in [6.07, 6.45) is 31.4. The highest BCUT2D eigenvalue weighted by Crippen LogP contribution is 2.24. The fourth-order valence-corrected chi connectivity index (χ4v) is 7.07. The molecule has 0 unspecified atom stereocenters. The van der Waals surface area contributed by atoms with Crippen LogP contribution in [0.4, 0.5) is 0 Å². The maximum atomic E-state index is 13.7. The molecule has 0 aromatic heterocycles. The van der Waals surface area contributed by atoms with Crippen LogP contribution in [0, 0.1) is 5.41 Å². The monoisotopic (exact) mass is 917 g/mol. The Balaban J connectivity index is 4.88. The van der Waals surface area contributed by atoms with Crippen molar-refractivity contribution in [3.8, 4) is 0 Å². The lowest BCUT2D eigenvalue weighted by Gasteiger charge is -2.30. The van der Waals surface area contributed by atoms with Crippen molar-refractivity contribution in [3.63, 3.8) is 0 Å². The van der Waals surface area contributed by atoms with Crippen LogP contribution in [-0.4, -0.2) is 116 Å². The molecule has 0 fully saturated rings. The minimum Gasteiger partial charge on any atom is -0.464 e. The van der Waals surface area contributed by atoms with Gasteiger partial charge in [0.25, 0.3) is 0 Å². The van der Waals surface area contributed by atoms with E-state index in [1.165, 1.54) is 122 Å². The smallest absolute Gasteiger partial charge is 0.322 e. The highest BCUT2D eigenvalue weighted by atomic mass is 16.6. The maximum Gasteiger partial charge on any atom is 0.322 e. The van der Waals surface area contributed by atoms with Crippen molar-refractivity contribution in [1.82, 2.24) is 0 Å². The number of hydrogen-bond acceptors (Lipinski definition) is 13. The highest BCUT2D eigenvalue weighted by molar-refractivity contribution is 5.79. The van der Waals surface area contributed by atoms with Crippen LogP contribution < -0.4 is 0 Å². The molecule has 0 aromatic rings. The SMILES string of the molecule is CCCCCCCCCCCCCCCC(=O)OCC(COC(C)=O)(COC(=O)CCCCCCCCCCCCCCC)C(=O)OCCOCCOCCOCCOCCOCC. The third-order valence-corrected chi connectivity index (χ3v) is 11.1. The molecule has 0 radical (unpaired) electrons. The van der Waals surface area contributed by atoms with Crippen molar-refractivity contribution >= 4 is 23.9 Å². The third kappa shape index (κ3) is 42.3. The van der Waals surface area contributed by atoms with Crippen LogP contribution in [0.1, 0.15) is 207 Å². The molecule has 0 aliphatic heterocycles. The van der Waals surface area contributed by atoms with Gasteiger partial charge in [0.15, 0.2) is 5.41 Å². The minimum absolute atomic E-state index is 0.0754. The van der Waals surface area contributed by atoms with Gasteiger partial charge in [-0.25, -0.2) is 0 Å². The van der Waals surface area contributed by atoms with E-state index in [1.807, 2.05) is 6.92 Å². The Hall–Kier alpha value is -2.32.